The summed E-state index contributed by atoms with van der Waals surface area (Å²) in [7, 11) is -3.58. The molecule has 2 aromatic carbocycles. The van der Waals surface area contributed by atoms with Crippen LogP contribution in [0.2, 0.25) is 0 Å². The molecule has 2 aliphatic rings. The van der Waals surface area contributed by atoms with Gasteiger partial charge in [-0.05, 0) is 42.7 Å². The number of aromatic nitrogens is 2. The Labute approximate surface area is 180 Å². The second kappa shape index (κ2) is 7.97. The van der Waals surface area contributed by atoms with Gasteiger partial charge in [0.25, 0.3) is 5.56 Å². The maximum absolute atomic E-state index is 13.3. The Bertz CT molecular complexity index is 1290. The van der Waals surface area contributed by atoms with Crippen LogP contribution in [0, 0.1) is 0 Å². The van der Waals surface area contributed by atoms with Crippen LogP contribution >= 0.6 is 0 Å². The first-order chi connectivity index (χ1) is 15.0. The van der Waals surface area contributed by atoms with Gasteiger partial charge in [-0.15, -0.1) is 0 Å². The second-order valence-corrected chi connectivity index (χ2v) is 9.77. The molecule has 0 N–H and O–H groups in total. The van der Waals surface area contributed by atoms with Crippen LogP contribution in [0.25, 0.3) is 11.0 Å². The van der Waals surface area contributed by atoms with E-state index in [0.29, 0.717) is 42.3 Å². The monoisotopic (exact) mass is 441 g/mol. The highest BCUT2D eigenvalue weighted by atomic mass is 32.2. The highest BCUT2D eigenvalue weighted by molar-refractivity contribution is 7.89. The lowest BCUT2D eigenvalue weighted by atomic mass is 10.0. The third kappa shape index (κ3) is 3.79. The van der Waals surface area contributed by atoms with E-state index in [1.165, 1.54) is 10.8 Å². The summed E-state index contributed by atoms with van der Waals surface area (Å²) in [6.45, 7) is 1.54. The SMILES string of the molecule is O=c1cnc2ccccc2n1CCS(=O)(=O)N1CCC[C@@H]1c1ccc2c(c1)OCCO2. The van der Waals surface area contributed by atoms with Crippen molar-refractivity contribution in [3.63, 3.8) is 0 Å². The lowest BCUT2D eigenvalue weighted by Crippen LogP contribution is -2.35. The number of fused-ring (bicyclic) bond motifs is 2. The third-order valence-corrected chi connectivity index (χ3v) is 7.69. The first-order valence-electron chi connectivity index (χ1n) is 10.4. The molecule has 3 heterocycles. The smallest absolute Gasteiger partial charge is 0.269 e. The number of hydrogen-bond acceptors (Lipinski definition) is 6. The minimum Gasteiger partial charge on any atom is -0.486 e. The molecule has 0 spiro atoms. The zero-order valence-electron chi connectivity index (χ0n) is 16.9. The third-order valence-electron chi connectivity index (χ3n) is 5.84. The predicted octanol–water partition coefficient (Wildman–Crippen LogP) is 2.33. The first-order valence-corrected chi connectivity index (χ1v) is 12.0. The molecule has 1 atom stereocenters. The summed E-state index contributed by atoms with van der Waals surface area (Å²) in [5, 5.41) is 0. The number of rotatable bonds is 5. The van der Waals surface area contributed by atoms with E-state index in [-0.39, 0.29) is 23.9 Å². The van der Waals surface area contributed by atoms with E-state index < -0.39 is 10.0 Å². The van der Waals surface area contributed by atoms with Gasteiger partial charge in [0, 0.05) is 19.1 Å². The Morgan fingerprint density at radius 3 is 2.74 bits per heavy atom. The number of ether oxygens (including phenoxy) is 2. The van der Waals surface area contributed by atoms with E-state index in [9.17, 15) is 13.2 Å². The normalized spacial score (nSPS) is 19.0. The fourth-order valence-electron chi connectivity index (χ4n) is 4.34. The van der Waals surface area contributed by atoms with Crippen LogP contribution in [0.3, 0.4) is 0 Å². The van der Waals surface area contributed by atoms with E-state index in [1.54, 1.807) is 16.4 Å². The largest absolute Gasteiger partial charge is 0.486 e. The Morgan fingerprint density at radius 1 is 1.06 bits per heavy atom. The molecule has 9 heteroatoms. The van der Waals surface area contributed by atoms with Gasteiger partial charge >= 0.3 is 0 Å². The van der Waals surface area contributed by atoms with Gasteiger partial charge in [0.15, 0.2) is 11.5 Å². The minimum atomic E-state index is -3.58. The molecule has 0 amide bonds. The van der Waals surface area contributed by atoms with E-state index in [2.05, 4.69) is 4.98 Å². The van der Waals surface area contributed by atoms with Gasteiger partial charge in [0.1, 0.15) is 13.2 Å². The minimum absolute atomic E-state index is 0.0779. The van der Waals surface area contributed by atoms with Gasteiger partial charge in [0.05, 0.1) is 23.0 Å². The quantitative estimate of drug-likeness (QED) is 0.604. The van der Waals surface area contributed by atoms with Crippen LogP contribution < -0.4 is 15.0 Å². The molecular formula is C22H23N3O5S. The average molecular weight is 442 g/mol. The summed E-state index contributed by atoms with van der Waals surface area (Å²) in [6.07, 6.45) is 2.77. The summed E-state index contributed by atoms with van der Waals surface area (Å²) < 4.78 is 40.8. The number of benzene rings is 2. The molecule has 0 radical (unpaired) electrons. The average Bonchev–Trinajstić information content (AvgIpc) is 3.29. The molecule has 162 valence electrons. The van der Waals surface area contributed by atoms with Crippen molar-refractivity contribution in [3.05, 3.63) is 64.6 Å². The van der Waals surface area contributed by atoms with Crippen LogP contribution in [-0.4, -0.2) is 47.8 Å². The van der Waals surface area contributed by atoms with Gasteiger partial charge in [-0.25, -0.2) is 13.4 Å². The van der Waals surface area contributed by atoms with Crippen molar-refractivity contribution in [3.8, 4) is 11.5 Å². The van der Waals surface area contributed by atoms with Gasteiger partial charge in [0.2, 0.25) is 10.0 Å². The summed E-state index contributed by atoms with van der Waals surface area (Å²) in [5.74, 6) is 1.19. The number of hydrogen-bond donors (Lipinski definition) is 0. The second-order valence-electron chi connectivity index (χ2n) is 7.72. The molecule has 8 nitrogen and oxygen atoms in total. The molecule has 2 aliphatic heterocycles. The number of sulfonamides is 1. The highest BCUT2D eigenvalue weighted by Crippen LogP contribution is 2.39. The van der Waals surface area contributed by atoms with Crippen molar-refractivity contribution in [1.29, 1.82) is 0 Å². The van der Waals surface area contributed by atoms with Gasteiger partial charge < -0.3 is 14.0 Å². The standard InChI is InChI=1S/C22H23N3O5S/c26-22-15-23-17-4-1-2-5-19(17)24(22)10-13-31(27,28)25-9-3-6-18(25)16-7-8-20-21(14-16)30-12-11-29-20/h1-2,4-5,7-8,14-15,18H,3,6,9-13H2/t18-/m1/s1. The summed E-state index contributed by atoms with van der Waals surface area (Å²) in [4.78, 5) is 16.5. The fourth-order valence-corrected chi connectivity index (χ4v) is 6.01. The van der Waals surface area contributed by atoms with Crippen LogP contribution in [0.5, 0.6) is 11.5 Å². The van der Waals surface area contributed by atoms with Crippen LogP contribution in [0.4, 0.5) is 0 Å². The van der Waals surface area contributed by atoms with Crippen molar-refractivity contribution < 1.29 is 17.9 Å². The van der Waals surface area contributed by atoms with Crippen molar-refractivity contribution in [2.45, 2.75) is 25.4 Å². The molecule has 3 aromatic rings. The molecule has 5 rings (SSSR count). The molecule has 1 aromatic heterocycles. The molecular weight excluding hydrogens is 418 g/mol. The summed E-state index contributed by atoms with van der Waals surface area (Å²) in [6, 6.07) is 12.6. The van der Waals surface area contributed by atoms with E-state index >= 15 is 0 Å². The zero-order chi connectivity index (χ0) is 21.4. The fraction of sp³-hybridized carbons (Fsp3) is 0.364. The maximum Gasteiger partial charge on any atom is 0.269 e. The van der Waals surface area contributed by atoms with Gasteiger partial charge in [-0.2, -0.15) is 4.31 Å². The van der Waals surface area contributed by atoms with Crippen LogP contribution in [-0.2, 0) is 16.6 Å². The molecule has 0 aliphatic carbocycles. The van der Waals surface area contributed by atoms with Crippen molar-refractivity contribution in [2.24, 2.45) is 0 Å². The first kappa shape index (κ1) is 20.0. The topological polar surface area (TPSA) is 90.7 Å². The Kier molecular flexibility index (Phi) is 5.15. The van der Waals surface area contributed by atoms with E-state index in [4.69, 9.17) is 9.47 Å². The van der Waals surface area contributed by atoms with Gasteiger partial charge in [-0.3, -0.25) is 4.79 Å². The molecule has 1 saturated heterocycles. The van der Waals surface area contributed by atoms with Crippen molar-refractivity contribution in [2.75, 3.05) is 25.5 Å². The summed E-state index contributed by atoms with van der Waals surface area (Å²) in [5.41, 5.74) is 1.89. The lowest BCUT2D eigenvalue weighted by molar-refractivity contribution is 0.171. The van der Waals surface area contributed by atoms with Crippen molar-refractivity contribution in [1.82, 2.24) is 13.9 Å². The number of aryl methyl sites for hydroxylation is 1. The summed E-state index contributed by atoms with van der Waals surface area (Å²) >= 11 is 0. The number of nitrogens with zero attached hydrogens (tertiary/aromatic N) is 3. The van der Waals surface area contributed by atoms with Crippen LogP contribution in [0.15, 0.2) is 53.5 Å². The van der Waals surface area contributed by atoms with E-state index in [0.717, 1.165) is 18.4 Å². The maximum atomic E-state index is 13.3. The Balaban J connectivity index is 1.39. The molecule has 0 saturated carbocycles. The zero-order valence-corrected chi connectivity index (χ0v) is 17.8. The molecule has 0 unspecified atom stereocenters. The predicted molar refractivity (Wildman–Crippen MR) is 116 cm³/mol. The number of para-hydroxylation sites is 2. The molecule has 0 bridgehead atoms. The Hall–Kier alpha value is -2.91. The van der Waals surface area contributed by atoms with E-state index in [1.807, 2.05) is 30.3 Å². The lowest BCUT2D eigenvalue weighted by Gasteiger charge is -2.26. The Morgan fingerprint density at radius 2 is 1.87 bits per heavy atom. The molecule has 1 fully saturated rings. The van der Waals surface area contributed by atoms with Gasteiger partial charge in [-0.1, -0.05) is 18.2 Å². The van der Waals surface area contributed by atoms with Crippen molar-refractivity contribution >= 4 is 21.1 Å². The highest BCUT2D eigenvalue weighted by Gasteiger charge is 2.35. The van der Waals surface area contributed by atoms with Crippen LogP contribution in [0.1, 0.15) is 24.4 Å². The molecule has 31 heavy (non-hydrogen) atoms.